The summed E-state index contributed by atoms with van der Waals surface area (Å²) < 4.78 is 1.63. The molecule has 2 aromatic heterocycles. The fraction of sp³-hybridized carbons (Fsp3) is 0.250. The number of nitrogen functional groups attached to an aromatic ring is 1. The van der Waals surface area contributed by atoms with Gasteiger partial charge in [-0.05, 0) is 30.3 Å². The Bertz CT molecular complexity index is 525. The standard InChI is InChI=1S/C8H9ClN6S/c1-4-5(10)6(14-7(9)13-4)16-8-11-3-12-15(8)2/h3H,10H2,1-2H3. The van der Waals surface area contributed by atoms with Crippen molar-refractivity contribution in [3.05, 3.63) is 17.3 Å². The highest BCUT2D eigenvalue weighted by Gasteiger charge is 2.12. The maximum atomic E-state index is 5.86. The van der Waals surface area contributed by atoms with Crippen LogP contribution in [0.1, 0.15) is 5.69 Å². The zero-order valence-corrected chi connectivity index (χ0v) is 10.2. The quantitative estimate of drug-likeness (QED) is 0.644. The van der Waals surface area contributed by atoms with E-state index in [9.17, 15) is 0 Å². The third kappa shape index (κ3) is 2.10. The van der Waals surface area contributed by atoms with Crippen LogP contribution in [0.4, 0.5) is 5.69 Å². The number of anilines is 1. The van der Waals surface area contributed by atoms with Crippen LogP contribution in [-0.4, -0.2) is 24.7 Å². The molecule has 8 heteroatoms. The second-order valence-corrected chi connectivity index (χ2v) is 4.36. The number of hydrogen-bond acceptors (Lipinski definition) is 6. The predicted molar refractivity (Wildman–Crippen MR) is 61.3 cm³/mol. The molecule has 2 N–H and O–H groups in total. The average Bonchev–Trinajstić information content (AvgIpc) is 2.60. The third-order valence-corrected chi connectivity index (χ3v) is 3.16. The molecule has 0 saturated carbocycles. The molecule has 0 bridgehead atoms. The van der Waals surface area contributed by atoms with Gasteiger partial charge < -0.3 is 5.73 Å². The molecule has 0 aliphatic heterocycles. The van der Waals surface area contributed by atoms with Crippen molar-refractivity contribution in [3.63, 3.8) is 0 Å². The summed E-state index contributed by atoms with van der Waals surface area (Å²) in [5, 5.41) is 5.42. The highest BCUT2D eigenvalue weighted by atomic mass is 35.5. The molecule has 84 valence electrons. The van der Waals surface area contributed by atoms with Gasteiger partial charge in [-0.3, -0.25) is 0 Å². The van der Waals surface area contributed by atoms with Crippen LogP contribution in [0.2, 0.25) is 5.28 Å². The van der Waals surface area contributed by atoms with Crippen molar-refractivity contribution >= 4 is 29.1 Å². The molecule has 0 amide bonds. The Kier molecular flexibility index (Phi) is 2.97. The van der Waals surface area contributed by atoms with E-state index in [-0.39, 0.29) is 5.28 Å². The van der Waals surface area contributed by atoms with Crippen molar-refractivity contribution in [1.29, 1.82) is 0 Å². The molecule has 0 aliphatic rings. The smallest absolute Gasteiger partial charge is 0.223 e. The molecule has 0 aromatic carbocycles. The molecule has 0 radical (unpaired) electrons. The molecule has 6 nitrogen and oxygen atoms in total. The fourth-order valence-corrected chi connectivity index (χ4v) is 2.17. The van der Waals surface area contributed by atoms with E-state index < -0.39 is 0 Å². The highest BCUT2D eigenvalue weighted by Crippen LogP contribution is 2.30. The zero-order valence-electron chi connectivity index (χ0n) is 8.68. The number of aromatic nitrogens is 5. The van der Waals surface area contributed by atoms with E-state index in [0.717, 1.165) is 0 Å². The number of nitrogens with zero attached hydrogens (tertiary/aromatic N) is 5. The van der Waals surface area contributed by atoms with Crippen LogP contribution in [0.15, 0.2) is 16.5 Å². The number of halogens is 1. The van der Waals surface area contributed by atoms with E-state index in [2.05, 4.69) is 20.1 Å². The molecule has 0 spiro atoms. The fourth-order valence-electron chi connectivity index (χ4n) is 1.06. The summed E-state index contributed by atoms with van der Waals surface area (Å²) in [4.78, 5) is 12.1. The Hall–Kier alpha value is -1.34. The van der Waals surface area contributed by atoms with Gasteiger partial charge in [-0.1, -0.05) is 0 Å². The Morgan fingerprint density at radius 3 is 2.81 bits per heavy atom. The number of rotatable bonds is 2. The summed E-state index contributed by atoms with van der Waals surface area (Å²) in [5.74, 6) is 0. The molecule has 0 fully saturated rings. The van der Waals surface area contributed by atoms with Crippen LogP contribution >= 0.6 is 23.4 Å². The van der Waals surface area contributed by atoms with E-state index in [4.69, 9.17) is 17.3 Å². The molecule has 2 aromatic rings. The highest BCUT2D eigenvalue weighted by molar-refractivity contribution is 7.99. The van der Waals surface area contributed by atoms with Gasteiger partial charge in [0.15, 0.2) is 5.16 Å². The van der Waals surface area contributed by atoms with Crippen LogP contribution in [0.5, 0.6) is 0 Å². The molecular formula is C8H9ClN6S. The lowest BCUT2D eigenvalue weighted by Gasteiger charge is -2.05. The Morgan fingerprint density at radius 2 is 2.19 bits per heavy atom. The van der Waals surface area contributed by atoms with Crippen LogP contribution in [0.25, 0.3) is 0 Å². The first kappa shape index (κ1) is 11.2. The van der Waals surface area contributed by atoms with Crippen molar-refractivity contribution in [2.24, 2.45) is 7.05 Å². The maximum absolute atomic E-state index is 5.86. The van der Waals surface area contributed by atoms with Crippen molar-refractivity contribution in [1.82, 2.24) is 24.7 Å². The van der Waals surface area contributed by atoms with Crippen molar-refractivity contribution in [3.8, 4) is 0 Å². The van der Waals surface area contributed by atoms with Gasteiger partial charge in [0.05, 0.1) is 11.4 Å². The Morgan fingerprint density at radius 1 is 1.44 bits per heavy atom. The molecule has 2 heterocycles. The summed E-state index contributed by atoms with van der Waals surface area (Å²) in [5.41, 5.74) is 7.02. The van der Waals surface area contributed by atoms with E-state index in [1.165, 1.54) is 18.1 Å². The lowest BCUT2D eigenvalue weighted by molar-refractivity contribution is 0.684. The van der Waals surface area contributed by atoms with Crippen LogP contribution < -0.4 is 5.73 Å². The number of aryl methyl sites for hydroxylation is 2. The second kappa shape index (κ2) is 4.26. The molecule has 0 atom stereocenters. The summed E-state index contributed by atoms with van der Waals surface area (Å²) in [6, 6.07) is 0. The normalized spacial score (nSPS) is 10.7. The van der Waals surface area contributed by atoms with Crippen molar-refractivity contribution in [2.45, 2.75) is 17.1 Å². The Balaban J connectivity index is 2.38. The van der Waals surface area contributed by atoms with E-state index >= 15 is 0 Å². The molecule has 0 aliphatic carbocycles. The molecule has 0 saturated heterocycles. The van der Waals surface area contributed by atoms with Gasteiger partial charge in [-0.25, -0.2) is 19.6 Å². The van der Waals surface area contributed by atoms with Crippen molar-refractivity contribution < 1.29 is 0 Å². The average molecular weight is 257 g/mol. The third-order valence-electron chi connectivity index (χ3n) is 1.93. The van der Waals surface area contributed by atoms with Gasteiger partial charge in [0, 0.05) is 7.05 Å². The summed E-state index contributed by atoms with van der Waals surface area (Å²) >= 11 is 7.07. The summed E-state index contributed by atoms with van der Waals surface area (Å²) in [6.07, 6.45) is 1.47. The maximum Gasteiger partial charge on any atom is 0.223 e. The van der Waals surface area contributed by atoms with Gasteiger partial charge in [0.1, 0.15) is 11.4 Å². The minimum atomic E-state index is 0.177. The minimum absolute atomic E-state index is 0.177. The molecule has 2 rings (SSSR count). The van der Waals surface area contributed by atoms with E-state index in [1.807, 2.05) is 0 Å². The summed E-state index contributed by atoms with van der Waals surface area (Å²) in [6.45, 7) is 1.78. The van der Waals surface area contributed by atoms with Gasteiger partial charge in [0.25, 0.3) is 0 Å². The van der Waals surface area contributed by atoms with Crippen molar-refractivity contribution in [2.75, 3.05) is 5.73 Å². The lowest BCUT2D eigenvalue weighted by Crippen LogP contribution is -2.01. The van der Waals surface area contributed by atoms with Gasteiger partial charge >= 0.3 is 0 Å². The van der Waals surface area contributed by atoms with E-state index in [1.54, 1.807) is 18.7 Å². The summed E-state index contributed by atoms with van der Waals surface area (Å²) in [7, 11) is 1.79. The lowest BCUT2D eigenvalue weighted by atomic mass is 10.4. The minimum Gasteiger partial charge on any atom is -0.395 e. The van der Waals surface area contributed by atoms with Gasteiger partial charge in [0.2, 0.25) is 5.28 Å². The van der Waals surface area contributed by atoms with Gasteiger partial charge in [-0.2, -0.15) is 5.10 Å². The first-order valence-electron chi connectivity index (χ1n) is 4.39. The predicted octanol–water partition coefficient (Wildman–Crippen LogP) is 1.30. The monoisotopic (exact) mass is 256 g/mol. The van der Waals surface area contributed by atoms with Crippen LogP contribution in [0, 0.1) is 6.92 Å². The van der Waals surface area contributed by atoms with Crippen LogP contribution in [0.3, 0.4) is 0 Å². The largest absolute Gasteiger partial charge is 0.395 e. The SMILES string of the molecule is Cc1nc(Cl)nc(Sc2ncnn2C)c1N. The van der Waals surface area contributed by atoms with E-state index in [0.29, 0.717) is 21.6 Å². The molecular weight excluding hydrogens is 248 g/mol. The number of hydrogen-bond donors (Lipinski definition) is 1. The molecule has 16 heavy (non-hydrogen) atoms. The van der Waals surface area contributed by atoms with Crippen LogP contribution in [-0.2, 0) is 7.05 Å². The first-order chi connectivity index (χ1) is 7.58. The van der Waals surface area contributed by atoms with Gasteiger partial charge in [-0.15, -0.1) is 0 Å². The number of nitrogens with two attached hydrogens (primary N) is 1. The zero-order chi connectivity index (χ0) is 11.7. The first-order valence-corrected chi connectivity index (χ1v) is 5.59. The molecule has 0 unspecified atom stereocenters. The topological polar surface area (TPSA) is 82.5 Å². The Labute approximate surface area is 101 Å². The second-order valence-electron chi connectivity index (χ2n) is 3.07.